The molecule has 0 radical (unpaired) electrons. The van der Waals surface area contributed by atoms with Crippen LogP contribution in [0, 0.1) is 0 Å². The highest BCUT2D eigenvalue weighted by molar-refractivity contribution is 7.89. The maximum atomic E-state index is 12.0. The van der Waals surface area contributed by atoms with E-state index in [2.05, 4.69) is 9.46 Å². The quantitative estimate of drug-likeness (QED) is 0.641. The van der Waals surface area contributed by atoms with Crippen LogP contribution in [-0.2, 0) is 19.6 Å². The molecule has 2 rings (SSSR count). The largest absolute Gasteiger partial charge is 0.464 e. The van der Waals surface area contributed by atoms with Gasteiger partial charge in [0.05, 0.1) is 11.5 Å². The summed E-state index contributed by atoms with van der Waals surface area (Å²) in [6, 6.07) is 4.70. The Balaban J connectivity index is 2.19. The summed E-state index contributed by atoms with van der Waals surface area (Å²) in [5.41, 5.74) is 0.430. The number of carbonyl (C=O) groups is 2. The first-order valence-corrected chi connectivity index (χ1v) is 7.18. The molecule has 1 aromatic rings. The number of ketones is 1. The summed E-state index contributed by atoms with van der Waals surface area (Å²) in [5.74, 6) is -0.708. The molecular formula is C12H13NO5S. The van der Waals surface area contributed by atoms with Crippen molar-refractivity contribution in [3.8, 4) is 0 Å². The molecule has 6 nitrogen and oxygen atoms in total. The summed E-state index contributed by atoms with van der Waals surface area (Å²) >= 11 is 0. The molecule has 1 atom stereocenters. The van der Waals surface area contributed by atoms with Crippen molar-refractivity contribution in [2.24, 2.45) is 0 Å². The number of nitrogens with one attached hydrogen (secondary N) is 1. The molecule has 0 amide bonds. The molecular weight excluding hydrogens is 270 g/mol. The molecule has 19 heavy (non-hydrogen) atoms. The van der Waals surface area contributed by atoms with Crippen LogP contribution in [-0.4, -0.2) is 32.8 Å². The van der Waals surface area contributed by atoms with Crippen LogP contribution in [0.15, 0.2) is 29.2 Å². The monoisotopic (exact) mass is 283 g/mol. The summed E-state index contributed by atoms with van der Waals surface area (Å²) in [5, 5.41) is 0. The first kappa shape index (κ1) is 13.7. The molecule has 1 aliphatic heterocycles. The lowest BCUT2D eigenvalue weighted by Gasteiger charge is -2.10. The molecule has 1 aromatic carbocycles. The molecule has 102 valence electrons. The lowest BCUT2D eigenvalue weighted by atomic mass is 10.2. The normalized spacial score (nSPS) is 19.2. The van der Waals surface area contributed by atoms with Crippen LogP contribution in [0.3, 0.4) is 0 Å². The molecule has 0 aromatic heterocycles. The number of hydrogen-bond donors (Lipinski definition) is 1. The van der Waals surface area contributed by atoms with Gasteiger partial charge in [-0.15, -0.1) is 0 Å². The van der Waals surface area contributed by atoms with Crippen molar-refractivity contribution in [2.45, 2.75) is 24.3 Å². The fraction of sp³-hybridized carbons (Fsp3) is 0.333. The molecule has 1 N–H and O–H groups in total. The lowest BCUT2D eigenvalue weighted by molar-refractivity contribution is -0.139. The number of cyclic esters (lactones) is 1. The highest BCUT2D eigenvalue weighted by atomic mass is 32.2. The van der Waals surface area contributed by atoms with E-state index < -0.39 is 22.0 Å². The number of benzene rings is 1. The molecule has 1 fully saturated rings. The predicted molar refractivity (Wildman–Crippen MR) is 66.1 cm³/mol. The highest BCUT2D eigenvalue weighted by Crippen LogP contribution is 2.14. The van der Waals surface area contributed by atoms with E-state index in [1.807, 2.05) is 0 Å². The maximum Gasteiger partial charge on any atom is 0.324 e. The molecule has 0 bridgehead atoms. The Kier molecular flexibility index (Phi) is 3.68. The third kappa shape index (κ3) is 2.99. The molecule has 1 aliphatic rings. The van der Waals surface area contributed by atoms with Gasteiger partial charge in [-0.05, 0) is 19.1 Å². The van der Waals surface area contributed by atoms with Crippen LogP contribution < -0.4 is 4.72 Å². The smallest absolute Gasteiger partial charge is 0.324 e. The Hall–Kier alpha value is -1.73. The molecule has 7 heteroatoms. The van der Waals surface area contributed by atoms with Crippen LogP contribution in [0.4, 0.5) is 0 Å². The molecule has 0 saturated carbocycles. The number of carbonyl (C=O) groups excluding carboxylic acids is 2. The third-order valence-corrected chi connectivity index (χ3v) is 4.29. The Morgan fingerprint density at radius 2 is 1.95 bits per heavy atom. The first-order valence-electron chi connectivity index (χ1n) is 5.70. The number of sulfonamides is 1. The molecule has 1 saturated heterocycles. The molecule has 1 heterocycles. The van der Waals surface area contributed by atoms with Crippen LogP contribution >= 0.6 is 0 Å². The van der Waals surface area contributed by atoms with Crippen molar-refractivity contribution < 1.29 is 22.7 Å². The third-order valence-electron chi connectivity index (χ3n) is 2.80. The minimum atomic E-state index is -3.78. The second kappa shape index (κ2) is 5.10. The van der Waals surface area contributed by atoms with E-state index >= 15 is 0 Å². The van der Waals surface area contributed by atoms with Gasteiger partial charge >= 0.3 is 5.97 Å². The number of hydrogen-bond acceptors (Lipinski definition) is 5. The van der Waals surface area contributed by atoms with Crippen LogP contribution in [0.5, 0.6) is 0 Å². The predicted octanol–water partition coefficient (Wildman–Crippen LogP) is 0.483. The summed E-state index contributed by atoms with van der Waals surface area (Å²) in [6.45, 7) is 1.62. The van der Waals surface area contributed by atoms with Gasteiger partial charge in [0.2, 0.25) is 10.0 Å². The van der Waals surface area contributed by atoms with Gasteiger partial charge in [-0.1, -0.05) is 12.1 Å². The van der Waals surface area contributed by atoms with E-state index in [0.29, 0.717) is 12.0 Å². The second-order valence-electron chi connectivity index (χ2n) is 4.21. The molecule has 0 unspecified atom stereocenters. The van der Waals surface area contributed by atoms with Crippen LogP contribution in [0.25, 0.3) is 0 Å². The van der Waals surface area contributed by atoms with Gasteiger partial charge < -0.3 is 4.74 Å². The summed E-state index contributed by atoms with van der Waals surface area (Å²) in [6.07, 6.45) is 0.323. The van der Waals surface area contributed by atoms with Crippen molar-refractivity contribution in [2.75, 3.05) is 6.61 Å². The lowest BCUT2D eigenvalue weighted by Crippen LogP contribution is -2.37. The first-order chi connectivity index (χ1) is 8.90. The maximum absolute atomic E-state index is 12.0. The topological polar surface area (TPSA) is 89.5 Å². The van der Waals surface area contributed by atoms with Gasteiger partial charge in [0.1, 0.15) is 6.04 Å². The van der Waals surface area contributed by atoms with Crippen molar-refractivity contribution in [1.82, 2.24) is 4.72 Å². The highest BCUT2D eigenvalue weighted by Gasteiger charge is 2.31. The zero-order valence-electron chi connectivity index (χ0n) is 10.3. The van der Waals surface area contributed by atoms with Gasteiger partial charge in [-0.3, -0.25) is 9.59 Å². The number of esters is 1. The van der Waals surface area contributed by atoms with Crippen molar-refractivity contribution in [3.05, 3.63) is 29.8 Å². The molecule has 0 spiro atoms. The summed E-state index contributed by atoms with van der Waals surface area (Å²) in [7, 11) is -3.78. The summed E-state index contributed by atoms with van der Waals surface area (Å²) in [4.78, 5) is 22.3. The zero-order chi connectivity index (χ0) is 14.0. The van der Waals surface area contributed by atoms with E-state index in [1.54, 1.807) is 0 Å². The van der Waals surface area contributed by atoms with Gasteiger partial charge in [0.25, 0.3) is 0 Å². The van der Waals surface area contributed by atoms with E-state index in [1.165, 1.54) is 31.2 Å². The van der Waals surface area contributed by atoms with Crippen LogP contribution in [0.2, 0.25) is 0 Å². The fourth-order valence-corrected chi connectivity index (χ4v) is 2.95. The Labute approximate surface area is 110 Å². The number of Topliss-reactive ketones (excluding diaryl/α,β-unsaturated/α-hetero) is 1. The van der Waals surface area contributed by atoms with Gasteiger partial charge in [0, 0.05) is 12.0 Å². The second-order valence-corrected chi connectivity index (χ2v) is 5.92. The average Bonchev–Trinajstić information content (AvgIpc) is 2.74. The Bertz CT molecular complexity index is 606. The van der Waals surface area contributed by atoms with E-state index in [4.69, 9.17) is 0 Å². The Morgan fingerprint density at radius 1 is 1.32 bits per heavy atom. The minimum absolute atomic E-state index is 0.0113. The number of rotatable bonds is 4. The van der Waals surface area contributed by atoms with Gasteiger partial charge in [-0.25, -0.2) is 8.42 Å². The van der Waals surface area contributed by atoms with Crippen LogP contribution in [0.1, 0.15) is 23.7 Å². The average molecular weight is 283 g/mol. The zero-order valence-corrected chi connectivity index (χ0v) is 11.1. The van der Waals surface area contributed by atoms with Crippen molar-refractivity contribution in [1.29, 1.82) is 0 Å². The van der Waals surface area contributed by atoms with Gasteiger partial charge in [-0.2, -0.15) is 4.72 Å². The standard InChI is InChI=1S/C12H13NO5S/c1-8(14)9-2-4-10(5-3-9)19(16,17)13-11-6-7-18-12(11)15/h2-5,11,13H,6-7H2,1H3/t11-/m1/s1. The van der Waals surface area contributed by atoms with Gasteiger partial charge in [0.15, 0.2) is 5.78 Å². The van der Waals surface area contributed by atoms with E-state index in [-0.39, 0.29) is 17.3 Å². The van der Waals surface area contributed by atoms with E-state index in [9.17, 15) is 18.0 Å². The Morgan fingerprint density at radius 3 is 2.42 bits per heavy atom. The fourth-order valence-electron chi connectivity index (χ4n) is 1.73. The number of ether oxygens (including phenoxy) is 1. The van der Waals surface area contributed by atoms with Crippen molar-refractivity contribution in [3.63, 3.8) is 0 Å². The van der Waals surface area contributed by atoms with Crippen molar-refractivity contribution >= 4 is 21.8 Å². The van der Waals surface area contributed by atoms with E-state index in [0.717, 1.165) is 0 Å². The SMILES string of the molecule is CC(=O)c1ccc(S(=O)(=O)N[C@@H]2CCOC2=O)cc1. The molecule has 0 aliphatic carbocycles. The minimum Gasteiger partial charge on any atom is -0.464 e. The summed E-state index contributed by atoms with van der Waals surface area (Å²) < 4.78 is 31.0.